The van der Waals surface area contributed by atoms with Crippen LogP contribution in [0.2, 0.25) is 0 Å². The summed E-state index contributed by atoms with van der Waals surface area (Å²) in [4.78, 5) is 65.6. The smallest absolute Gasteiger partial charge is 0.276 e. The Bertz CT molecular complexity index is 1170. The molecule has 34 heavy (non-hydrogen) atoms. The van der Waals surface area contributed by atoms with Gasteiger partial charge in [0.1, 0.15) is 15.4 Å². The number of anilines is 2. The van der Waals surface area contributed by atoms with Crippen molar-refractivity contribution >= 4 is 56.6 Å². The summed E-state index contributed by atoms with van der Waals surface area (Å²) in [6.07, 6.45) is 1.27. The van der Waals surface area contributed by atoms with Crippen LogP contribution >= 0.6 is 22.7 Å². The summed E-state index contributed by atoms with van der Waals surface area (Å²) >= 11 is 2.16. The standard InChI is InChI=1S/C21H23N7O4S2/c1-10-14(18(31)27(3)4)33-20(23-10)25-16(29)12-7-8-13(22-9-12)17(30)26-21-24-11(2)15(34-21)19(32)28(5)6/h7-9H,1-6H3,(H,23,25,29)(H,24,26,30). The molecule has 0 saturated carbocycles. The molecule has 0 aliphatic heterocycles. The van der Waals surface area contributed by atoms with Crippen LogP contribution in [0.25, 0.3) is 0 Å². The van der Waals surface area contributed by atoms with Crippen LogP contribution in [0.15, 0.2) is 18.3 Å². The first-order valence-electron chi connectivity index (χ1n) is 9.94. The molecular weight excluding hydrogens is 478 g/mol. The second kappa shape index (κ2) is 10.1. The molecule has 0 aliphatic rings. The van der Waals surface area contributed by atoms with Gasteiger partial charge in [-0.1, -0.05) is 22.7 Å². The predicted octanol–water partition coefficient (Wildman–Crippen LogP) is 2.52. The lowest BCUT2D eigenvalue weighted by Gasteiger charge is -2.07. The number of aryl methyl sites for hydroxylation is 2. The Kier molecular flexibility index (Phi) is 7.37. The van der Waals surface area contributed by atoms with E-state index in [2.05, 4.69) is 25.6 Å². The van der Waals surface area contributed by atoms with Crippen LogP contribution in [0.3, 0.4) is 0 Å². The van der Waals surface area contributed by atoms with Crippen molar-refractivity contribution in [2.24, 2.45) is 0 Å². The van der Waals surface area contributed by atoms with E-state index in [1.807, 2.05) is 0 Å². The van der Waals surface area contributed by atoms with Crippen LogP contribution in [0.4, 0.5) is 10.3 Å². The molecule has 0 bridgehead atoms. The second-order valence-electron chi connectivity index (χ2n) is 7.61. The van der Waals surface area contributed by atoms with Gasteiger partial charge in [-0.3, -0.25) is 34.8 Å². The Morgan fingerprint density at radius 1 is 0.765 bits per heavy atom. The van der Waals surface area contributed by atoms with Crippen LogP contribution < -0.4 is 10.6 Å². The van der Waals surface area contributed by atoms with Gasteiger partial charge in [-0.05, 0) is 26.0 Å². The number of hydrogen-bond acceptors (Lipinski definition) is 9. The Morgan fingerprint density at radius 3 is 1.65 bits per heavy atom. The van der Waals surface area contributed by atoms with Crippen molar-refractivity contribution in [1.29, 1.82) is 0 Å². The van der Waals surface area contributed by atoms with E-state index in [0.717, 1.165) is 22.7 Å². The Balaban J connectivity index is 1.67. The Hall–Kier alpha value is -3.71. The van der Waals surface area contributed by atoms with Gasteiger partial charge >= 0.3 is 0 Å². The maximum Gasteiger partial charge on any atom is 0.276 e. The molecule has 3 aromatic rings. The molecule has 0 aromatic carbocycles. The number of amides is 4. The van der Waals surface area contributed by atoms with Gasteiger partial charge in [-0.2, -0.15) is 0 Å². The van der Waals surface area contributed by atoms with Gasteiger partial charge in [-0.25, -0.2) is 9.97 Å². The van der Waals surface area contributed by atoms with Gasteiger partial charge in [0.2, 0.25) is 0 Å². The molecule has 178 valence electrons. The minimum Gasteiger partial charge on any atom is -0.344 e. The topological polar surface area (TPSA) is 137 Å². The highest BCUT2D eigenvalue weighted by Gasteiger charge is 2.20. The van der Waals surface area contributed by atoms with E-state index >= 15 is 0 Å². The van der Waals surface area contributed by atoms with Crippen LogP contribution in [-0.4, -0.2) is 76.6 Å². The molecule has 3 heterocycles. The largest absolute Gasteiger partial charge is 0.344 e. The fourth-order valence-corrected chi connectivity index (χ4v) is 4.66. The molecule has 11 nitrogen and oxygen atoms in total. The van der Waals surface area contributed by atoms with Crippen molar-refractivity contribution in [2.45, 2.75) is 13.8 Å². The maximum atomic E-state index is 12.5. The molecule has 0 aliphatic carbocycles. The zero-order valence-electron chi connectivity index (χ0n) is 19.4. The van der Waals surface area contributed by atoms with E-state index < -0.39 is 11.8 Å². The summed E-state index contributed by atoms with van der Waals surface area (Å²) in [7, 11) is 6.56. The molecule has 2 N–H and O–H groups in total. The molecule has 0 radical (unpaired) electrons. The lowest BCUT2D eigenvalue weighted by atomic mass is 10.2. The monoisotopic (exact) mass is 501 g/mol. The number of thiazole rings is 2. The van der Waals surface area contributed by atoms with Crippen molar-refractivity contribution in [1.82, 2.24) is 24.8 Å². The number of carbonyl (C=O) groups excluding carboxylic acids is 4. The molecule has 0 fully saturated rings. The number of nitrogens with one attached hydrogen (secondary N) is 2. The van der Waals surface area contributed by atoms with Crippen molar-refractivity contribution in [2.75, 3.05) is 38.8 Å². The fourth-order valence-electron chi connectivity index (χ4n) is 2.70. The highest BCUT2D eigenvalue weighted by atomic mass is 32.1. The molecule has 3 aromatic heterocycles. The van der Waals surface area contributed by atoms with E-state index in [4.69, 9.17) is 0 Å². The normalized spacial score (nSPS) is 10.5. The number of rotatable bonds is 6. The highest BCUT2D eigenvalue weighted by Crippen LogP contribution is 2.25. The van der Waals surface area contributed by atoms with Gasteiger partial charge in [0, 0.05) is 34.4 Å². The molecule has 0 unspecified atom stereocenters. The molecule has 0 saturated heterocycles. The third-order valence-corrected chi connectivity index (χ3v) is 6.61. The van der Waals surface area contributed by atoms with Crippen molar-refractivity contribution in [3.63, 3.8) is 0 Å². The average molecular weight is 502 g/mol. The quantitative estimate of drug-likeness (QED) is 0.529. The summed E-state index contributed by atoms with van der Waals surface area (Å²) in [5, 5.41) is 5.83. The Labute approximate surface area is 203 Å². The van der Waals surface area contributed by atoms with Crippen LogP contribution in [-0.2, 0) is 0 Å². The van der Waals surface area contributed by atoms with Gasteiger partial charge in [0.25, 0.3) is 23.6 Å². The third-order valence-electron chi connectivity index (χ3n) is 4.49. The van der Waals surface area contributed by atoms with E-state index in [1.54, 1.807) is 42.0 Å². The predicted molar refractivity (Wildman–Crippen MR) is 130 cm³/mol. The maximum absolute atomic E-state index is 12.5. The van der Waals surface area contributed by atoms with Crippen molar-refractivity contribution < 1.29 is 19.2 Å². The van der Waals surface area contributed by atoms with Crippen LogP contribution in [0.1, 0.15) is 51.6 Å². The summed E-state index contributed by atoms with van der Waals surface area (Å²) in [5.74, 6) is -1.38. The van der Waals surface area contributed by atoms with Crippen molar-refractivity contribution in [3.8, 4) is 0 Å². The van der Waals surface area contributed by atoms with Crippen LogP contribution in [0, 0.1) is 13.8 Å². The molecule has 13 heteroatoms. The summed E-state index contributed by atoms with van der Waals surface area (Å²) < 4.78 is 0. The first-order valence-corrected chi connectivity index (χ1v) is 11.6. The number of pyridine rings is 1. The lowest BCUT2D eigenvalue weighted by Crippen LogP contribution is -2.21. The first kappa shape index (κ1) is 24.9. The minimum absolute atomic E-state index is 0.0776. The first-order chi connectivity index (χ1) is 16.0. The molecule has 0 spiro atoms. The number of aromatic nitrogens is 3. The van der Waals surface area contributed by atoms with Crippen molar-refractivity contribution in [3.05, 3.63) is 50.7 Å². The fraction of sp³-hybridized carbons (Fsp3) is 0.286. The zero-order chi connectivity index (χ0) is 25.2. The third kappa shape index (κ3) is 5.43. The van der Waals surface area contributed by atoms with Gasteiger partial charge < -0.3 is 9.80 Å². The molecule has 4 amide bonds. The second-order valence-corrected chi connectivity index (χ2v) is 9.60. The summed E-state index contributed by atoms with van der Waals surface area (Å²) in [6.45, 7) is 3.39. The van der Waals surface area contributed by atoms with E-state index in [0.29, 0.717) is 21.1 Å². The van der Waals surface area contributed by atoms with Crippen LogP contribution in [0.5, 0.6) is 0 Å². The summed E-state index contributed by atoms with van der Waals surface area (Å²) in [5.41, 5.74) is 1.34. The lowest BCUT2D eigenvalue weighted by molar-refractivity contribution is 0.0824. The SMILES string of the molecule is Cc1nc(NC(=O)c2ccc(C(=O)Nc3nc(C)c(C(=O)N(C)C)s3)nc2)sc1C(=O)N(C)C. The molecule has 3 rings (SSSR count). The Morgan fingerprint density at radius 2 is 1.24 bits per heavy atom. The van der Waals surface area contributed by atoms with Gasteiger partial charge in [0.05, 0.1) is 17.0 Å². The molecule has 0 atom stereocenters. The number of nitrogens with zero attached hydrogens (tertiary/aromatic N) is 5. The van der Waals surface area contributed by atoms with E-state index in [1.165, 1.54) is 28.1 Å². The zero-order valence-corrected chi connectivity index (χ0v) is 21.1. The number of carbonyl (C=O) groups is 4. The number of hydrogen-bond donors (Lipinski definition) is 2. The average Bonchev–Trinajstić information content (AvgIpc) is 3.33. The highest BCUT2D eigenvalue weighted by molar-refractivity contribution is 7.18. The van der Waals surface area contributed by atoms with Gasteiger partial charge in [-0.15, -0.1) is 0 Å². The molecular formula is C21H23N7O4S2. The van der Waals surface area contributed by atoms with E-state index in [-0.39, 0.29) is 33.3 Å². The van der Waals surface area contributed by atoms with Gasteiger partial charge in [0.15, 0.2) is 10.3 Å². The summed E-state index contributed by atoms with van der Waals surface area (Å²) in [6, 6.07) is 2.86. The minimum atomic E-state index is -0.521. The van der Waals surface area contributed by atoms with E-state index in [9.17, 15) is 19.2 Å².